The molecule has 51 heteroatoms. The molecule has 0 aliphatic carbocycles. The van der Waals surface area contributed by atoms with Crippen molar-refractivity contribution in [1.82, 2.24) is 0 Å². The molecule has 0 spiro atoms. The molecule has 0 aromatic carbocycles. The fourth-order valence-electron chi connectivity index (χ4n) is 4.79. The van der Waals surface area contributed by atoms with Crippen LogP contribution in [-0.4, -0.2) is 154 Å². The molecule has 0 fully saturated rings. The van der Waals surface area contributed by atoms with E-state index in [1.165, 1.54) is 0 Å². The SMILES string of the molecule is FC(F)(F)C(F)(F)C(F)(F)C(F)(F)C(F)(F)C(F)(F)C(F)(F)C(F)(F)C(F)(F)C(F)(F)C(F)(F)C(F)(F)CCSCCC(F)(F)C(F)(F)C(F)(F)C(F)(F)C(F)(F)C(F)(F)C(F)(F)C(F)(F)C(F)(F)C(F)(F)C(F)(F)C(F)(F)F. The lowest BCUT2D eigenvalue weighted by Crippen LogP contribution is -2.78. The Hall–Kier alpha value is -3.15. The minimum atomic E-state index is -10.1. The van der Waals surface area contributed by atoms with Crippen LogP contribution in [0.25, 0.3) is 0 Å². The lowest BCUT2D eigenvalue weighted by atomic mass is 9.84. The van der Waals surface area contributed by atoms with Crippen molar-refractivity contribution in [1.29, 1.82) is 0 Å². The van der Waals surface area contributed by atoms with Crippen LogP contribution in [0, 0.1) is 0 Å². The van der Waals surface area contributed by atoms with E-state index in [1.54, 1.807) is 0 Å². The first-order chi connectivity index (χ1) is 33.2. The van der Waals surface area contributed by atoms with E-state index in [4.69, 9.17) is 0 Å². The van der Waals surface area contributed by atoms with Gasteiger partial charge in [0.25, 0.3) is 0 Å². The molecule has 0 nitrogen and oxygen atoms in total. The zero-order chi connectivity index (χ0) is 65.5. The summed E-state index contributed by atoms with van der Waals surface area (Å²) in [5, 5.41) is 0. The highest BCUT2D eigenvalue weighted by Crippen LogP contribution is 2.71. The normalized spacial score (nSPS) is 17.2. The number of rotatable bonds is 26. The van der Waals surface area contributed by atoms with Crippen molar-refractivity contribution in [2.45, 2.75) is 155 Å². The van der Waals surface area contributed by atoms with Crippen LogP contribution >= 0.6 is 11.8 Å². The van der Waals surface area contributed by atoms with Gasteiger partial charge in [0.1, 0.15) is 0 Å². The minimum absolute atomic E-state index is 1.68. The Morgan fingerprint density at radius 2 is 0.241 bits per heavy atom. The molecular formula is C28H8F50S. The molecule has 0 saturated heterocycles. The summed E-state index contributed by atoms with van der Waals surface area (Å²) in [6.45, 7) is 0. The fraction of sp³-hybridized carbons (Fsp3) is 1.00. The summed E-state index contributed by atoms with van der Waals surface area (Å²) >= 11 is -1.68. The second kappa shape index (κ2) is 19.2. The van der Waals surface area contributed by atoms with Crippen LogP contribution in [0.4, 0.5) is 220 Å². The van der Waals surface area contributed by atoms with Gasteiger partial charge in [0.15, 0.2) is 0 Å². The lowest BCUT2D eigenvalue weighted by Gasteiger charge is -2.45. The van der Waals surface area contributed by atoms with Crippen molar-refractivity contribution < 1.29 is 220 Å². The molecular weight excluding hydrogens is 1320 g/mol. The van der Waals surface area contributed by atoms with E-state index < -0.39 is 179 Å². The molecule has 0 atom stereocenters. The predicted octanol–water partition coefficient (Wildman–Crippen LogP) is 17.6. The largest absolute Gasteiger partial charge is 0.460 e. The molecule has 0 aromatic rings. The van der Waals surface area contributed by atoms with Crippen molar-refractivity contribution in [3.05, 3.63) is 0 Å². The molecule has 0 aliphatic rings. The quantitative estimate of drug-likeness (QED) is 0.0614. The predicted molar refractivity (Wildman–Crippen MR) is 148 cm³/mol. The Kier molecular flexibility index (Phi) is 18.4. The first-order valence-electron chi connectivity index (χ1n) is 17.2. The van der Waals surface area contributed by atoms with Crippen molar-refractivity contribution in [2.75, 3.05) is 11.5 Å². The maximum Gasteiger partial charge on any atom is 0.460 e. The average molecular weight is 1330 g/mol. The molecule has 0 heterocycles. The van der Waals surface area contributed by atoms with Gasteiger partial charge in [-0.25, -0.2) is 0 Å². The summed E-state index contributed by atoms with van der Waals surface area (Å²) in [5.41, 5.74) is 0. The minimum Gasteiger partial charge on any atom is -0.200 e. The summed E-state index contributed by atoms with van der Waals surface area (Å²) in [5.74, 6) is -214. The van der Waals surface area contributed by atoms with Crippen LogP contribution in [0.15, 0.2) is 0 Å². The van der Waals surface area contributed by atoms with Gasteiger partial charge in [-0.3, -0.25) is 0 Å². The fourth-order valence-corrected chi connectivity index (χ4v) is 5.79. The Morgan fingerprint density at radius 1 is 0.139 bits per heavy atom. The zero-order valence-electron chi connectivity index (χ0n) is 34.1. The second-order valence-electron chi connectivity index (χ2n) is 15.0. The van der Waals surface area contributed by atoms with Gasteiger partial charge in [-0.05, 0) is 11.5 Å². The highest BCUT2D eigenvalue weighted by atomic mass is 32.2. The molecule has 0 bridgehead atoms. The molecule has 476 valence electrons. The summed E-state index contributed by atoms with van der Waals surface area (Å²) in [7, 11) is 0. The van der Waals surface area contributed by atoms with Crippen LogP contribution < -0.4 is 0 Å². The molecule has 0 rings (SSSR count). The van der Waals surface area contributed by atoms with Gasteiger partial charge in [0.05, 0.1) is 0 Å². The van der Waals surface area contributed by atoms with E-state index >= 15 is 0 Å². The van der Waals surface area contributed by atoms with Gasteiger partial charge in [0.2, 0.25) is 0 Å². The third kappa shape index (κ3) is 9.47. The maximum atomic E-state index is 14.1. The van der Waals surface area contributed by atoms with Crippen molar-refractivity contribution in [3.8, 4) is 0 Å². The molecule has 0 N–H and O–H groups in total. The van der Waals surface area contributed by atoms with Gasteiger partial charge in [-0.2, -0.15) is 231 Å². The zero-order valence-corrected chi connectivity index (χ0v) is 35.0. The van der Waals surface area contributed by atoms with Gasteiger partial charge >= 0.3 is 143 Å². The summed E-state index contributed by atoms with van der Waals surface area (Å²) in [6.07, 6.45) is -24.8. The Labute approximate surface area is 399 Å². The van der Waals surface area contributed by atoms with E-state index in [0.29, 0.717) is 0 Å². The van der Waals surface area contributed by atoms with Crippen LogP contribution in [0.3, 0.4) is 0 Å². The van der Waals surface area contributed by atoms with E-state index in [1.807, 2.05) is 0 Å². The monoisotopic (exact) mass is 1330 g/mol. The first-order valence-corrected chi connectivity index (χ1v) is 18.4. The Bertz CT molecular complexity index is 1980. The second-order valence-corrected chi connectivity index (χ2v) is 16.2. The summed E-state index contributed by atoms with van der Waals surface area (Å²) in [6, 6.07) is 0. The highest BCUT2D eigenvalue weighted by Gasteiger charge is 3.02. The van der Waals surface area contributed by atoms with E-state index in [2.05, 4.69) is 0 Å². The number of hydrogen-bond donors (Lipinski definition) is 0. The van der Waals surface area contributed by atoms with E-state index in [0.717, 1.165) is 0 Å². The molecule has 0 aromatic heterocycles. The molecule has 0 unspecified atom stereocenters. The van der Waals surface area contributed by atoms with Gasteiger partial charge < -0.3 is 0 Å². The third-order valence-corrected chi connectivity index (χ3v) is 10.8. The first kappa shape index (κ1) is 75.8. The summed E-state index contributed by atoms with van der Waals surface area (Å²) in [4.78, 5) is 0. The topological polar surface area (TPSA) is 0 Å². The lowest BCUT2D eigenvalue weighted by molar-refractivity contribution is -0.482. The maximum absolute atomic E-state index is 14.1. The van der Waals surface area contributed by atoms with Crippen LogP contribution in [0.1, 0.15) is 12.8 Å². The van der Waals surface area contributed by atoms with Crippen LogP contribution in [-0.2, 0) is 0 Å². The third-order valence-electron chi connectivity index (χ3n) is 9.85. The van der Waals surface area contributed by atoms with Crippen molar-refractivity contribution in [3.63, 3.8) is 0 Å². The van der Waals surface area contributed by atoms with Crippen molar-refractivity contribution in [2.24, 2.45) is 0 Å². The average Bonchev–Trinajstić information content (AvgIpc) is 3.20. The van der Waals surface area contributed by atoms with Crippen molar-refractivity contribution >= 4 is 11.8 Å². The van der Waals surface area contributed by atoms with Crippen LogP contribution in [0.5, 0.6) is 0 Å². The number of alkyl halides is 50. The summed E-state index contributed by atoms with van der Waals surface area (Å²) < 4.78 is 679. The van der Waals surface area contributed by atoms with Gasteiger partial charge in [-0.15, -0.1) is 0 Å². The molecule has 0 aliphatic heterocycles. The number of hydrogen-bond acceptors (Lipinski definition) is 1. The Balaban J connectivity index is 7.01. The highest BCUT2D eigenvalue weighted by molar-refractivity contribution is 7.99. The molecule has 0 amide bonds. The molecule has 0 saturated carbocycles. The van der Waals surface area contributed by atoms with Gasteiger partial charge in [-0.1, -0.05) is 0 Å². The van der Waals surface area contributed by atoms with E-state index in [-0.39, 0.29) is 0 Å². The molecule has 0 radical (unpaired) electrons. The Morgan fingerprint density at radius 3 is 0.354 bits per heavy atom. The molecule has 79 heavy (non-hydrogen) atoms. The van der Waals surface area contributed by atoms with Gasteiger partial charge in [0, 0.05) is 12.8 Å². The van der Waals surface area contributed by atoms with E-state index in [9.17, 15) is 220 Å². The number of thioether (sulfide) groups is 1. The smallest absolute Gasteiger partial charge is 0.200 e. The van der Waals surface area contributed by atoms with Crippen LogP contribution in [0.2, 0.25) is 0 Å². The number of halogens is 50. The standard InChI is InChI=1S/C28H8F50S/c29-5(30,7(33,34)9(37,38)11(41,42)13(45,46)15(49,50)17(53,54)19(57,58)21(61,62)23(65,66)25(69,70)27(73,74)75)1-3-79-4-2-6(31,32)8(35,36)10(39,40)12(43,44)14(47,48)16(51,52)18(55,56)20(59,60)22(63,64)24(67,68)26(71,72)28(76,77)78/h1-4H2.